The van der Waals surface area contributed by atoms with Crippen molar-refractivity contribution in [2.24, 2.45) is 0 Å². The Balaban J connectivity index is 2.03. The van der Waals surface area contributed by atoms with Crippen LogP contribution in [0.5, 0.6) is 0 Å². The lowest BCUT2D eigenvalue weighted by atomic mass is 10.1. The summed E-state index contributed by atoms with van der Waals surface area (Å²) in [6.45, 7) is 2.09. The van der Waals surface area contributed by atoms with E-state index in [9.17, 15) is 4.79 Å². The first-order valence-corrected chi connectivity index (χ1v) is 5.59. The summed E-state index contributed by atoms with van der Waals surface area (Å²) in [5.41, 5.74) is 1.48. The summed E-state index contributed by atoms with van der Waals surface area (Å²) in [7, 11) is 0. The quantitative estimate of drug-likeness (QED) is 0.654. The van der Waals surface area contributed by atoms with Gasteiger partial charge in [0.25, 0.3) is 0 Å². The summed E-state index contributed by atoms with van der Waals surface area (Å²) in [5, 5.41) is 8.96. The fourth-order valence-electron chi connectivity index (χ4n) is 1.56. The molecule has 1 aromatic carbocycles. The van der Waals surface area contributed by atoms with Gasteiger partial charge < -0.3 is 14.4 Å². The molecule has 94 valence electrons. The summed E-state index contributed by atoms with van der Waals surface area (Å²) >= 11 is 0. The van der Waals surface area contributed by atoms with Gasteiger partial charge in [-0.1, -0.05) is 12.1 Å². The molecule has 0 fully saturated rings. The minimum atomic E-state index is -1.09. The van der Waals surface area contributed by atoms with Crippen LogP contribution in [0.4, 0.5) is 0 Å². The van der Waals surface area contributed by atoms with E-state index in [1.165, 1.54) is 6.92 Å². The number of carbonyl (C=O) groups is 1. The van der Waals surface area contributed by atoms with Crippen LogP contribution < -0.4 is 0 Å². The van der Waals surface area contributed by atoms with Crippen molar-refractivity contribution < 1.29 is 14.6 Å². The van der Waals surface area contributed by atoms with Gasteiger partial charge in [0, 0.05) is 18.9 Å². The van der Waals surface area contributed by atoms with Crippen LogP contribution >= 0.6 is 0 Å². The van der Waals surface area contributed by atoms with E-state index < -0.39 is 12.3 Å². The molecule has 0 bridgehead atoms. The summed E-state index contributed by atoms with van der Waals surface area (Å²) < 4.78 is 6.62. The first-order valence-electron chi connectivity index (χ1n) is 5.59. The maximum Gasteiger partial charge on any atom is 0.340 e. The number of rotatable bonds is 4. The fourth-order valence-corrected chi connectivity index (χ4v) is 1.56. The predicted octanol–water partition coefficient (Wildman–Crippen LogP) is 1.43. The minimum Gasteiger partial charge on any atom is -0.433 e. The van der Waals surface area contributed by atoms with Gasteiger partial charge in [0.1, 0.15) is 0 Å². The highest BCUT2D eigenvalue weighted by atomic mass is 16.6. The van der Waals surface area contributed by atoms with E-state index >= 15 is 0 Å². The van der Waals surface area contributed by atoms with E-state index in [4.69, 9.17) is 5.11 Å². The number of aliphatic hydroxyl groups is 1. The molecule has 18 heavy (non-hydrogen) atoms. The topological polar surface area (TPSA) is 64.3 Å². The summed E-state index contributed by atoms with van der Waals surface area (Å²) in [4.78, 5) is 15.4. The third-order valence-electron chi connectivity index (χ3n) is 2.39. The lowest BCUT2D eigenvalue weighted by molar-refractivity contribution is -0.0523. The van der Waals surface area contributed by atoms with Gasteiger partial charge in [0.05, 0.1) is 11.9 Å². The number of hydrogen-bond acceptors (Lipinski definition) is 4. The number of imidazole rings is 1. The van der Waals surface area contributed by atoms with Crippen molar-refractivity contribution in [1.82, 2.24) is 9.55 Å². The molecule has 5 heteroatoms. The van der Waals surface area contributed by atoms with E-state index in [0.717, 1.165) is 5.56 Å². The summed E-state index contributed by atoms with van der Waals surface area (Å²) in [5.74, 6) is -0.529. The maximum atomic E-state index is 11.5. The molecule has 0 aliphatic rings. The number of carbonyl (C=O) groups excluding carboxylic acids is 1. The highest BCUT2D eigenvalue weighted by Gasteiger charge is 2.09. The molecule has 0 spiro atoms. The predicted molar refractivity (Wildman–Crippen MR) is 64.9 cm³/mol. The second kappa shape index (κ2) is 5.46. The lowest BCUT2D eigenvalue weighted by Gasteiger charge is -2.07. The van der Waals surface area contributed by atoms with Gasteiger partial charge in [-0.3, -0.25) is 0 Å². The Bertz CT molecular complexity index is 504. The average Bonchev–Trinajstić information content (AvgIpc) is 2.82. The number of hydrogen-bond donors (Lipinski definition) is 1. The van der Waals surface area contributed by atoms with Gasteiger partial charge >= 0.3 is 5.97 Å². The molecule has 1 atom stereocenters. The van der Waals surface area contributed by atoms with Crippen LogP contribution in [0, 0.1) is 0 Å². The van der Waals surface area contributed by atoms with Crippen LogP contribution in [0.25, 0.3) is 0 Å². The van der Waals surface area contributed by atoms with Crippen LogP contribution in [0.15, 0.2) is 43.0 Å². The summed E-state index contributed by atoms with van der Waals surface area (Å²) in [6, 6.07) is 7.05. The van der Waals surface area contributed by atoms with Crippen LogP contribution in [0.1, 0.15) is 22.8 Å². The lowest BCUT2D eigenvalue weighted by Crippen LogP contribution is -2.13. The molecule has 2 aromatic rings. The normalized spacial score (nSPS) is 12.1. The van der Waals surface area contributed by atoms with E-state index in [2.05, 4.69) is 9.72 Å². The molecule has 1 aromatic heterocycles. The van der Waals surface area contributed by atoms with Gasteiger partial charge in [0.15, 0.2) is 6.29 Å². The average molecular weight is 246 g/mol. The first-order chi connectivity index (χ1) is 8.65. The van der Waals surface area contributed by atoms with Crippen molar-refractivity contribution in [3.8, 4) is 0 Å². The van der Waals surface area contributed by atoms with Crippen LogP contribution in [0.3, 0.4) is 0 Å². The van der Waals surface area contributed by atoms with Gasteiger partial charge in [-0.05, 0) is 24.6 Å². The second-order valence-corrected chi connectivity index (χ2v) is 3.94. The zero-order chi connectivity index (χ0) is 13.0. The molecule has 0 saturated heterocycles. The highest BCUT2D eigenvalue weighted by molar-refractivity contribution is 5.89. The Hall–Kier alpha value is -2.14. The molecule has 1 heterocycles. The van der Waals surface area contributed by atoms with Gasteiger partial charge in [-0.15, -0.1) is 0 Å². The molecular weight excluding hydrogens is 232 g/mol. The third kappa shape index (κ3) is 3.18. The largest absolute Gasteiger partial charge is 0.433 e. The minimum absolute atomic E-state index is 0.422. The zero-order valence-corrected chi connectivity index (χ0v) is 9.98. The van der Waals surface area contributed by atoms with Gasteiger partial charge in [-0.2, -0.15) is 0 Å². The van der Waals surface area contributed by atoms with Crippen molar-refractivity contribution >= 4 is 5.97 Å². The van der Waals surface area contributed by atoms with E-state index in [-0.39, 0.29) is 0 Å². The standard InChI is InChI=1S/C13H14N2O3/c1-10(16)18-13(17)12-4-2-11(3-5-12)8-15-7-6-14-9-15/h2-7,9-10,16H,8H2,1H3. The van der Waals surface area contributed by atoms with Crippen molar-refractivity contribution in [3.05, 3.63) is 54.1 Å². The Morgan fingerprint density at radius 3 is 2.72 bits per heavy atom. The molecule has 0 saturated carbocycles. The molecule has 0 aliphatic carbocycles. The molecule has 2 rings (SSSR count). The zero-order valence-electron chi connectivity index (χ0n) is 9.98. The maximum absolute atomic E-state index is 11.5. The smallest absolute Gasteiger partial charge is 0.340 e. The molecule has 5 nitrogen and oxygen atoms in total. The Kier molecular flexibility index (Phi) is 3.74. The Morgan fingerprint density at radius 2 is 2.17 bits per heavy atom. The van der Waals surface area contributed by atoms with Crippen molar-refractivity contribution in [2.45, 2.75) is 19.8 Å². The van der Waals surface area contributed by atoms with Crippen molar-refractivity contribution in [3.63, 3.8) is 0 Å². The van der Waals surface area contributed by atoms with E-state index in [1.54, 1.807) is 24.7 Å². The SMILES string of the molecule is CC(O)OC(=O)c1ccc(Cn2ccnc2)cc1. The van der Waals surface area contributed by atoms with Crippen molar-refractivity contribution in [1.29, 1.82) is 0 Å². The molecule has 0 amide bonds. The van der Waals surface area contributed by atoms with Crippen LogP contribution in [-0.4, -0.2) is 26.9 Å². The number of ether oxygens (including phenoxy) is 1. The first kappa shape index (κ1) is 12.3. The fraction of sp³-hybridized carbons (Fsp3) is 0.231. The molecule has 0 aliphatic heterocycles. The third-order valence-corrected chi connectivity index (χ3v) is 2.39. The van der Waals surface area contributed by atoms with Crippen LogP contribution in [0.2, 0.25) is 0 Å². The van der Waals surface area contributed by atoms with E-state index in [1.807, 2.05) is 22.9 Å². The highest BCUT2D eigenvalue weighted by Crippen LogP contribution is 2.08. The number of nitrogens with zero attached hydrogens (tertiary/aromatic N) is 2. The second-order valence-electron chi connectivity index (χ2n) is 3.94. The summed E-state index contributed by atoms with van der Waals surface area (Å²) in [6.07, 6.45) is 4.22. The monoisotopic (exact) mass is 246 g/mol. The van der Waals surface area contributed by atoms with Gasteiger partial charge in [-0.25, -0.2) is 9.78 Å². The van der Waals surface area contributed by atoms with Crippen LogP contribution in [-0.2, 0) is 11.3 Å². The Labute approximate surface area is 105 Å². The van der Waals surface area contributed by atoms with Crippen molar-refractivity contribution in [2.75, 3.05) is 0 Å². The molecular formula is C13H14N2O3. The number of aromatic nitrogens is 2. The number of benzene rings is 1. The molecule has 0 radical (unpaired) electrons. The molecule has 1 unspecified atom stereocenters. The van der Waals surface area contributed by atoms with E-state index in [0.29, 0.717) is 12.1 Å². The van der Waals surface area contributed by atoms with Gasteiger partial charge in [0.2, 0.25) is 0 Å². The molecule has 1 N–H and O–H groups in total. The Morgan fingerprint density at radius 1 is 1.44 bits per heavy atom. The number of esters is 1. The number of aliphatic hydroxyl groups excluding tert-OH is 1.